The van der Waals surface area contributed by atoms with Crippen molar-refractivity contribution in [1.82, 2.24) is 15.0 Å². The average Bonchev–Trinajstić information content (AvgIpc) is 3.24. The maximum Gasteiger partial charge on any atom is 0.229 e. The first-order valence-electron chi connectivity index (χ1n) is 9.21. The number of fused-ring (bicyclic) bond motifs is 5. The van der Waals surface area contributed by atoms with Gasteiger partial charge in [0.1, 0.15) is 11.8 Å². The van der Waals surface area contributed by atoms with Gasteiger partial charge in [-0.15, -0.1) is 0 Å². The third kappa shape index (κ3) is 2.62. The Kier molecular flexibility index (Phi) is 4.50. The molecule has 0 amide bonds. The van der Waals surface area contributed by atoms with Crippen molar-refractivity contribution in [3.8, 4) is 0 Å². The standard InChI is InChI=1S/C19H24N4O3/c1-11(2)15-13-5-3-4-12(13)14-16-17(26-19(14)22-15)18(21-10-20-16)23(6-8-24)7-9-25/h10-11,24-25H,3-9H2,1-2H3. The summed E-state index contributed by atoms with van der Waals surface area (Å²) in [6.07, 6.45) is 4.71. The van der Waals surface area contributed by atoms with E-state index in [4.69, 9.17) is 9.40 Å². The normalized spacial score (nSPS) is 13.9. The van der Waals surface area contributed by atoms with Crippen LogP contribution in [0.3, 0.4) is 0 Å². The molecule has 0 bridgehead atoms. The van der Waals surface area contributed by atoms with E-state index in [1.807, 2.05) is 4.90 Å². The van der Waals surface area contributed by atoms with E-state index in [1.165, 1.54) is 17.5 Å². The first kappa shape index (κ1) is 17.2. The quantitative estimate of drug-likeness (QED) is 0.699. The highest BCUT2D eigenvalue weighted by Gasteiger charge is 2.27. The number of aliphatic hydroxyl groups is 2. The molecule has 26 heavy (non-hydrogen) atoms. The minimum atomic E-state index is -0.0309. The number of rotatable bonds is 6. The van der Waals surface area contributed by atoms with Gasteiger partial charge in [-0.3, -0.25) is 0 Å². The van der Waals surface area contributed by atoms with E-state index in [2.05, 4.69) is 23.8 Å². The number of aryl methyl sites for hydroxylation is 1. The van der Waals surface area contributed by atoms with E-state index in [0.717, 1.165) is 35.9 Å². The Morgan fingerprint density at radius 3 is 2.54 bits per heavy atom. The Labute approximate surface area is 151 Å². The van der Waals surface area contributed by atoms with Crippen molar-refractivity contribution in [2.75, 3.05) is 31.2 Å². The Morgan fingerprint density at radius 2 is 1.85 bits per heavy atom. The average molecular weight is 356 g/mol. The van der Waals surface area contributed by atoms with Gasteiger partial charge in [-0.1, -0.05) is 13.8 Å². The van der Waals surface area contributed by atoms with Crippen LogP contribution in [0.1, 0.15) is 43.0 Å². The molecule has 0 unspecified atom stereocenters. The van der Waals surface area contributed by atoms with Gasteiger partial charge in [-0.25, -0.2) is 15.0 Å². The number of aromatic nitrogens is 3. The van der Waals surface area contributed by atoms with Gasteiger partial charge in [0.05, 0.1) is 24.3 Å². The Morgan fingerprint density at radius 1 is 1.12 bits per heavy atom. The number of hydrogen-bond donors (Lipinski definition) is 2. The molecule has 0 fully saturated rings. The molecule has 1 aliphatic rings. The topological polar surface area (TPSA) is 95.5 Å². The van der Waals surface area contributed by atoms with Crippen LogP contribution in [0, 0.1) is 0 Å². The molecule has 7 nitrogen and oxygen atoms in total. The summed E-state index contributed by atoms with van der Waals surface area (Å²) in [5.74, 6) is 0.930. The number of pyridine rings is 1. The molecular weight excluding hydrogens is 332 g/mol. The second kappa shape index (κ2) is 6.81. The van der Waals surface area contributed by atoms with Crippen LogP contribution < -0.4 is 4.90 Å². The number of nitrogens with zero attached hydrogens (tertiary/aromatic N) is 4. The van der Waals surface area contributed by atoms with Crippen molar-refractivity contribution in [3.63, 3.8) is 0 Å². The van der Waals surface area contributed by atoms with Crippen LogP contribution in [0.2, 0.25) is 0 Å². The van der Waals surface area contributed by atoms with Crippen molar-refractivity contribution in [1.29, 1.82) is 0 Å². The van der Waals surface area contributed by atoms with E-state index in [0.29, 0.717) is 36.1 Å². The molecule has 138 valence electrons. The lowest BCUT2D eigenvalue weighted by atomic mass is 9.99. The van der Waals surface area contributed by atoms with Gasteiger partial charge in [0, 0.05) is 13.1 Å². The Bertz CT molecular complexity index is 945. The summed E-state index contributed by atoms with van der Waals surface area (Å²) in [7, 11) is 0. The van der Waals surface area contributed by atoms with Gasteiger partial charge < -0.3 is 19.5 Å². The van der Waals surface area contributed by atoms with Crippen LogP contribution in [0.25, 0.3) is 22.2 Å². The fourth-order valence-corrected chi connectivity index (χ4v) is 3.98. The zero-order chi connectivity index (χ0) is 18.3. The molecular formula is C19H24N4O3. The first-order valence-corrected chi connectivity index (χ1v) is 9.21. The van der Waals surface area contributed by atoms with Gasteiger partial charge in [-0.2, -0.15) is 0 Å². The highest BCUT2D eigenvalue weighted by Crippen LogP contribution is 2.40. The summed E-state index contributed by atoms with van der Waals surface area (Å²) in [4.78, 5) is 15.5. The summed E-state index contributed by atoms with van der Waals surface area (Å²) in [5.41, 5.74) is 5.72. The third-order valence-corrected chi connectivity index (χ3v) is 5.07. The van der Waals surface area contributed by atoms with Gasteiger partial charge in [0.2, 0.25) is 5.71 Å². The lowest BCUT2D eigenvalue weighted by Gasteiger charge is -2.21. The molecule has 0 aliphatic heterocycles. The first-order chi connectivity index (χ1) is 12.7. The summed E-state index contributed by atoms with van der Waals surface area (Å²) in [5, 5.41) is 19.7. The molecule has 0 atom stereocenters. The predicted octanol–water partition coefficient (Wildman–Crippen LogP) is 2.17. The molecule has 0 saturated heterocycles. The molecule has 3 heterocycles. The van der Waals surface area contributed by atoms with E-state index < -0.39 is 0 Å². The van der Waals surface area contributed by atoms with Crippen molar-refractivity contribution in [2.45, 2.75) is 39.0 Å². The van der Waals surface area contributed by atoms with Crippen LogP contribution >= 0.6 is 0 Å². The number of anilines is 1. The summed E-state index contributed by atoms with van der Waals surface area (Å²) in [6.45, 7) is 4.99. The molecule has 0 saturated carbocycles. The molecule has 4 rings (SSSR count). The summed E-state index contributed by atoms with van der Waals surface area (Å²) in [6, 6.07) is 0. The molecule has 0 spiro atoms. The van der Waals surface area contributed by atoms with E-state index in [9.17, 15) is 10.2 Å². The van der Waals surface area contributed by atoms with Crippen LogP contribution in [-0.2, 0) is 12.8 Å². The van der Waals surface area contributed by atoms with Gasteiger partial charge in [0.25, 0.3) is 0 Å². The number of hydrogen-bond acceptors (Lipinski definition) is 7. The number of furan rings is 1. The smallest absolute Gasteiger partial charge is 0.229 e. The second-order valence-corrected chi connectivity index (χ2v) is 7.05. The van der Waals surface area contributed by atoms with E-state index in [1.54, 1.807) is 0 Å². The van der Waals surface area contributed by atoms with Crippen LogP contribution in [-0.4, -0.2) is 51.5 Å². The highest BCUT2D eigenvalue weighted by molar-refractivity contribution is 6.06. The maximum absolute atomic E-state index is 9.35. The summed E-state index contributed by atoms with van der Waals surface area (Å²) >= 11 is 0. The lowest BCUT2D eigenvalue weighted by molar-refractivity contribution is 0.280. The molecule has 1 aliphatic carbocycles. The third-order valence-electron chi connectivity index (χ3n) is 5.07. The zero-order valence-electron chi connectivity index (χ0n) is 15.2. The zero-order valence-corrected chi connectivity index (χ0v) is 15.2. The molecule has 3 aromatic heterocycles. The number of aliphatic hydroxyl groups excluding tert-OH is 2. The SMILES string of the molecule is CC(C)c1nc2oc3c(N(CCO)CCO)ncnc3c2c2c1CCC2. The van der Waals surface area contributed by atoms with Crippen molar-refractivity contribution in [3.05, 3.63) is 23.1 Å². The van der Waals surface area contributed by atoms with E-state index >= 15 is 0 Å². The fraction of sp³-hybridized carbons (Fsp3) is 0.526. The largest absolute Gasteiger partial charge is 0.432 e. The van der Waals surface area contributed by atoms with Gasteiger partial charge in [-0.05, 0) is 36.3 Å². The molecule has 7 heteroatoms. The lowest BCUT2D eigenvalue weighted by Crippen LogP contribution is -2.30. The second-order valence-electron chi connectivity index (χ2n) is 7.05. The van der Waals surface area contributed by atoms with Crippen LogP contribution in [0.4, 0.5) is 5.82 Å². The van der Waals surface area contributed by atoms with Gasteiger partial charge >= 0.3 is 0 Å². The van der Waals surface area contributed by atoms with Crippen LogP contribution in [0.5, 0.6) is 0 Å². The van der Waals surface area contributed by atoms with E-state index in [-0.39, 0.29) is 13.2 Å². The van der Waals surface area contributed by atoms with Crippen LogP contribution in [0.15, 0.2) is 10.7 Å². The monoisotopic (exact) mass is 356 g/mol. The Hall–Kier alpha value is -2.25. The molecule has 2 N–H and O–H groups in total. The molecule has 0 aromatic carbocycles. The molecule has 3 aromatic rings. The maximum atomic E-state index is 9.35. The van der Waals surface area contributed by atoms with Crippen molar-refractivity contribution >= 4 is 28.0 Å². The Balaban J connectivity index is 1.99. The van der Waals surface area contributed by atoms with Crippen molar-refractivity contribution in [2.24, 2.45) is 0 Å². The fourth-order valence-electron chi connectivity index (χ4n) is 3.98. The minimum Gasteiger partial charge on any atom is -0.432 e. The van der Waals surface area contributed by atoms with Gasteiger partial charge in [0.15, 0.2) is 11.4 Å². The minimum absolute atomic E-state index is 0.0309. The summed E-state index contributed by atoms with van der Waals surface area (Å²) < 4.78 is 6.13. The molecule has 0 radical (unpaired) electrons. The highest BCUT2D eigenvalue weighted by atomic mass is 16.3. The predicted molar refractivity (Wildman–Crippen MR) is 99.6 cm³/mol. The van der Waals surface area contributed by atoms with Crippen molar-refractivity contribution < 1.29 is 14.6 Å².